The van der Waals surface area contributed by atoms with E-state index in [1.807, 2.05) is 18.2 Å². The van der Waals surface area contributed by atoms with Crippen LogP contribution < -0.4 is 0 Å². The van der Waals surface area contributed by atoms with Crippen molar-refractivity contribution >= 4 is 17.6 Å². The number of rotatable bonds is 5. The molecule has 1 heterocycles. The Morgan fingerprint density at radius 1 is 1.53 bits per heavy atom. The van der Waals surface area contributed by atoms with Crippen LogP contribution in [0, 0.1) is 5.92 Å². The van der Waals surface area contributed by atoms with Crippen LogP contribution in [0.5, 0.6) is 0 Å². The lowest BCUT2D eigenvalue weighted by atomic mass is 10.0. The van der Waals surface area contributed by atoms with Crippen molar-refractivity contribution in [3.63, 3.8) is 0 Å². The van der Waals surface area contributed by atoms with Crippen molar-refractivity contribution in [2.24, 2.45) is 5.92 Å². The highest BCUT2D eigenvalue weighted by atomic mass is 35.5. The molecule has 0 N–H and O–H groups in total. The molecule has 3 nitrogen and oxygen atoms in total. The molecule has 1 saturated heterocycles. The van der Waals surface area contributed by atoms with Crippen LogP contribution in [0.4, 0.5) is 0 Å². The highest BCUT2D eigenvalue weighted by Crippen LogP contribution is 2.23. The van der Waals surface area contributed by atoms with Crippen LogP contribution in [0.15, 0.2) is 24.3 Å². The lowest BCUT2D eigenvalue weighted by Gasteiger charge is -2.16. The van der Waals surface area contributed by atoms with E-state index >= 15 is 0 Å². The topological polar surface area (TPSA) is 29.5 Å². The summed E-state index contributed by atoms with van der Waals surface area (Å²) < 4.78 is 4.68. The summed E-state index contributed by atoms with van der Waals surface area (Å²) in [6, 6.07) is 8.01. The van der Waals surface area contributed by atoms with Crippen LogP contribution in [-0.2, 0) is 16.1 Å². The van der Waals surface area contributed by atoms with Crippen molar-refractivity contribution in [3.8, 4) is 0 Å². The number of methoxy groups -OCH3 is 1. The summed E-state index contributed by atoms with van der Waals surface area (Å²) in [7, 11) is 1.45. The van der Waals surface area contributed by atoms with Crippen LogP contribution in [0.25, 0.3) is 0 Å². The van der Waals surface area contributed by atoms with E-state index in [0.717, 1.165) is 37.5 Å². The molecule has 4 heteroatoms. The Balaban J connectivity index is 1.77. The standard InChI is InChI=1S/C15H20ClNO2/c1-19-15(18)6-5-12-7-8-17(10-12)11-13-3-2-4-14(16)9-13/h2-4,9,12H,5-8,10-11H2,1H3. The number of halogens is 1. The number of nitrogens with zero attached hydrogens (tertiary/aromatic N) is 1. The predicted molar refractivity (Wildman–Crippen MR) is 76.1 cm³/mol. The second kappa shape index (κ2) is 6.92. The Bertz CT molecular complexity index is 436. The lowest BCUT2D eigenvalue weighted by Crippen LogP contribution is -2.20. The molecule has 1 atom stereocenters. The number of hydrogen-bond acceptors (Lipinski definition) is 3. The van der Waals surface area contributed by atoms with Gasteiger partial charge >= 0.3 is 5.97 Å². The molecule has 1 aliphatic rings. The summed E-state index contributed by atoms with van der Waals surface area (Å²) in [5, 5.41) is 0.791. The Hall–Kier alpha value is -1.06. The maximum atomic E-state index is 11.1. The molecule has 1 unspecified atom stereocenters. The van der Waals surface area contributed by atoms with E-state index in [4.69, 9.17) is 11.6 Å². The zero-order valence-electron chi connectivity index (χ0n) is 11.3. The van der Waals surface area contributed by atoms with Gasteiger partial charge in [0.1, 0.15) is 0 Å². The number of likely N-dealkylation sites (tertiary alicyclic amines) is 1. The van der Waals surface area contributed by atoms with Crippen LogP contribution in [-0.4, -0.2) is 31.1 Å². The molecule has 1 fully saturated rings. The highest BCUT2D eigenvalue weighted by Gasteiger charge is 2.23. The Kier molecular flexibility index (Phi) is 5.23. The summed E-state index contributed by atoms with van der Waals surface area (Å²) in [5.41, 5.74) is 1.25. The van der Waals surface area contributed by atoms with E-state index in [1.165, 1.54) is 12.7 Å². The molecule has 0 radical (unpaired) electrons. The SMILES string of the molecule is COC(=O)CCC1CCN(Cc2cccc(Cl)c2)C1. The second-order valence-corrected chi connectivity index (χ2v) is 5.57. The van der Waals surface area contributed by atoms with E-state index in [-0.39, 0.29) is 5.97 Å². The first-order valence-electron chi connectivity index (χ1n) is 6.71. The van der Waals surface area contributed by atoms with Crippen molar-refractivity contribution < 1.29 is 9.53 Å². The Morgan fingerprint density at radius 3 is 3.11 bits per heavy atom. The van der Waals surface area contributed by atoms with E-state index in [1.54, 1.807) is 0 Å². The van der Waals surface area contributed by atoms with Gasteiger partial charge in [-0.3, -0.25) is 9.69 Å². The van der Waals surface area contributed by atoms with E-state index in [0.29, 0.717) is 12.3 Å². The third-order valence-electron chi connectivity index (χ3n) is 3.65. The number of carbonyl (C=O) groups excluding carboxylic acids is 1. The zero-order chi connectivity index (χ0) is 13.7. The summed E-state index contributed by atoms with van der Waals surface area (Å²) >= 11 is 5.99. The lowest BCUT2D eigenvalue weighted by molar-refractivity contribution is -0.140. The van der Waals surface area contributed by atoms with Gasteiger partial charge in [0.25, 0.3) is 0 Å². The average Bonchev–Trinajstić information content (AvgIpc) is 2.83. The van der Waals surface area contributed by atoms with Gasteiger partial charge in [-0.25, -0.2) is 0 Å². The molecule has 1 aliphatic heterocycles. The van der Waals surface area contributed by atoms with Crippen molar-refractivity contribution in [3.05, 3.63) is 34.9 Å². The molecule has 19 heavy (non-hydrogen) atoms. The number of esters is 1. The smallest absolute Gasteiger partial charge is 0.305 e. The molecule has 104 valence electrons. The quantitative estimate of drug-likeness (QED) is 0.777. The molecule has 0 saturated carbocycles. The number of benzene rings is 1. The van der Waals surface area contributed by atoms with Gasteiger partial charge in [0.2, 0.25) is 0 Å². The predicted octanol–water partition coefficient (Wildman–Crippen LogP) is 3.12. The third kappa shape index (κ3) is 4.51. The fourth-order valence-corrected chi connectivity index (χ4v) is 2.82. The number of hydrogen-bond donors (Lipinski definition) is 0. The first-order chi connectivity index (χ1) is 9.17. The summed E-state index contributed by atoms with van der Waals surface area (Å²) in [4.78, 5) is 13.6. The van der Waals surface area contributed by atoms with Crippen molar-refractivity contribution in [1.29, 1.82) is 0 Å². The van der Waals surface area contributed by atoms with Crippen LogP contribution in [0.3, 0.4) is 0 Å². The van der Waals surface area contributed by atoms with Gasteiger partial charge in [-0.2, -0.15) is 0 Å². The van der Waals surface area contributed by atoms with Crippen LogP contribution in [0.2, 0.25) is 5.02 Å². The molecule has 0 aromatic heterocycles. The summed E-state index contributed by atoms with van der Waals surface area (Å²) in [6.45, 7) is 3.09. The van der Waals surface area contributed by atoms with E-state index in [9.17, 15) is 4.79 Å². The monoisotopic (exact) mass is 281 g/mol. The normalized spacial score (nSPS) is 19.6. The van der Waals surface area contributed by atoms with Gasteiger partial charge in [0, 0.05) is 24.5 Å². The van der Waals surface area contributed by atoms with Gasteiger partial charge in [-0.1, -0.05) is 23.7 Å². The van der Waals surface area contributed by atoms with Gasteiger partial charge < -0.3 is 4.74 Å². The van der Waals surface area contributed by atoms with Crippen LogP contribution in [0.1, 0.15) is 24.8 Å². The number of carbonyl (C=O) groups is 1. The number of ether oxygens (including phenoxy) is 1. The molecule has 0 amide bonds. The van der Waals surface area contributed by atoms with E-state index in [2.05, 4.69) is 15.7 Å². The fourth-order valence-electron chi connectivity index (χ4n) is 2.61. The van der Waals surface area contributed by atoms with Crippen LogP contribution >= 0.6 is 11.6 Å². The minimum Gasteiger partial charge on any atom is -0.469 e. The van der Waals surface area contributed by atoms with Crippen molar-refractivity contribution in [1.82, 2.24) is 4.90 Å². The fraction of sp³-hybridized carbons (Fsp3) is 0.533. The first-order valence-corrected chi connectivity index (χ1v) is 7.09. The van der Waals surface area contributed by atoms with Gasteiger partial charge in [-0.05, 0) is 43.0 Å². The Morgan fingerprint density at radius 2 is 2.37 bits per heavy atom. The van der Waals surface area contributed by atoms with E-state index < -0.39 is 0 Å². The average molecular weight is 282 g/mol. The zero-order valence-corrected chi connectivity index (χ0v) is 12.0. The molecule has 0 aliphatic carbocycles. The second-order valence-electron chi connectivity index (χ2n) is 5.13. The molecular weight excluding hydrogens is 262 g/mol. The minimum absolute atomic E-state index is 0.103. The molecule has 1 aromatic carbocycles. The van der Waals surface area contributed by atoms with Gasteiger partial charge in [-0.15, -0.1) is 0 Å². The van der Waals surface area contributed by atoms with Gasteiger partial charge in [0.15, 0.2) is 0 Å². The minimum atomic E-state index is -0.103. The third-order valence-corrected chi connectivity index (χ3v) is 3.88. The summed E-state index contributed by atoms with van der Waals surface area (Å²) in [5.74, 6) is 0.506. The molecule has 0 bridgehead atoms. The maximum absolute atomic E-state index is 11.1. The van der Waals surface area contributed by atoms with Crippen molar-refractivity contribution in [2.75, 3.05) is 20.2 Å². The summed E-state index contributed by atoms with van der Waals surface area (Å²) in [6.07, 6.45) is 2.63. The van der Waals surface area contributed by atoms with Gasteiger partial charge in [0.05, 0.1) is 7.11 Å². The Labute approximate surface area is 119 Å². The largest absolute Gasteiger partial charge is 0.469 e. The van der Waals surface area contributed by atoms with Crippen molar-refractivity contribution in [2.45, 2.75) is 25.8 Å². The molecule has 0 spiro atoms. The molecule has 1 aromatic rings. The highest BCUT2D eigenvalue weighted by molar-refractivity contribution is 6.30. The molecular formula is C15H20ClNO2. The first kappa shape index (κ1) is 14.4. The molecule has 2 rings (SSSR count). The maximum Gasteiger partial charge on any atom is 0.305 e.